The number of carbonyl (C=O) groups excluding carboxylic acids is 1. The van der Waals surface area contributed by atoms with E-state index in [1.54, 1.807) is 24.3 Å². The first kappa shape index (κ1) is 10.7. The van der Waals surface area contributed by atoms with E-state index >= 15 is 0 Å². The molecule has 2 nitrogen and oxygen atoms in total. The Morgan fingerprint density at radius 1 is 1.43 bits per heavy atom. The number of carbonyl (C=O) groups is 1. The van der Waals surface area contributed by atoms with Crippen molar-refractivity contribution in [2.45, 2.75) is 19.5 Å². The molecule has 0 aromatic heterocycles. The summed E-state index contributed by atoms with van der Waals surface area (Å²) in [5.74, 6) is 0.424. The molecule has 0 N–H and O–H groups in total. The number of hydrogen-bond acceptors (Lipinski definition) is 2. The molecule has 0 aliphatic heterocycles. The quantitative estimate of drug-likeness (QED) is 0.692. The van der Waals surface area contributed by atoms with Crippen molar-refractivity contribution in [2.75, 3.05) is 6.61 Å². The van der Waals surface area contributed by atoms with E-state index in [9.17, 15) is 9.18 Å². The summed E-state index contributed by atoms with van der Waals surface area (Å²) in [5.41, 5.74) is -0.951. The molecule has 0 saturated heterocycles. The molecule has 0 radical (unpaired) electrons. The molecule has 0 bridgehead atoms. The number of para-hydroxylation sites is 1. The fourth-order valence-electron chi connectivity index (χ4n) is 0.959. The van der Waals surface area contributed by atoms with Crippen molar-refractivity contribution in [1.82, 2.24) is 0 Å². The molecular formula is C11H13FO2. The highest BCUT2D eigenvalue weighted by Gasteiger charge is 2.16. The van der Waals surface area contributed by atoms with Gasteiger partial charge in [0, 0.05) is 0 Å². The lowest BCUT2D eigenvalue weighted by Gasteiger charge is -2.15. The van der Waals surface area contributed by atoms with Gasteiger partial charge in [0.25, 0.3) is 0 Å². The van der Waals surface area contributed by atoms with Crippen LogP contribution in [0.15, 0.2) is 24.3 Å². The molecular weight excluding hydrogens is 183 g/mol. The van der Waals surface area contributed by atoms with E-state index in [2.05, 4.69) is 0 Å². The number of ether oxygens (including phenoxy) is 1. The van der Waals surface area contributed by atoms with Crippen LogP contribution in [0.3, 0.4) is 0 Å². The van der Waals surface area contributed by atoms with Crippen LogP contribution in [0.1, 0.15) is 24.2 Å². The van der Waals surface area contributed by atoms with Crippen LogP contribution in [0.2, 0.25) is 0 Å². The van der Waals surface area contributed by atoms with Crippen LogP contribution in [0.4, 0.5) is 4.39 Å². The summed E-state index contributed by atoms with van der Waals surface area (Å²) in [5, 5.41) is 0. The van der Waals surface area contributed by atoms with Gasteiger partial charge in [-0.05, 0) is 26.0 Å². The van der Waals surface area contributed by atoms with E-state index < -0.39 is 5.67 Å². The molecule has 0 fully saturated rings. The lowest BCUT2D eigenvalue weighted by atomic mass is 10.2. The molecule has 0 amide bonds. The molecule has 3 heteroatoms. The fourth-order valence-corrected chi connectivity index (χ4v) is 0.959. The number of benzene rings is 1. The lowest BCUT2D eigenvalue weighted by molar-refractivity contribution is 0.109. The Morgan fingerprint density at radius 3 is 2.64 bits per heavy atom. The van der Waals surface area contributed by atoms with Crippen molar-refractivity contribution >= 4 is 6.29 Å². The van der Waals surface area contributed by atoms with Gasteiger partial charge < -0.3 is 4.74 Å². The first-order valence-corrected chi connectivity index (χ1v) is 4.39. The Bertz CT molecular complexity index is 315. The zero-order valence-corrected chi connectivity index (χ0v) is 8.29. The van der Waals surface area contributed by atoms with Crippen molar-refractivity contribution < 1.29 is 13.9 Å². The smallest absolute Gasteiger partial charge is 0.153 e. The minimum absolute atomic E-state index is 0.0577. The first-order chi connectivity index (χ1) is 6.53. The van der Waals surface area contributed by atoms with Crippen LogP contribution in [0, 0.1) is 0 Å². The monoisotopic (exact) mass is 196 g/mol. The zero-order chi connectivity index (χ0) is 10.6. The standard InChI is InChI=1S/C11H13FO2/c1-11(2,12)8-14-10-6-4-3-5-9(10)7-13/h3-7H,8H2,1-2H3. The summed E-state index contributed by atoms with van der Waals surface area (Å²) in [6, 6.07) is 6.76. The van der Waals surface area contributed by atoms with Gasteiger partial charge in [0.1, 0.15) is 18.0 Å². The first-order valence-electron chi connectivity index (χ1n) is 4.39. The van der Waals surface area contributed by atoms with E-state index in [0.717, 1.165) is 0 Å². The number of halogens is 1. The second-order valence-corrected chi connectivity index (χ2v) is 3.66. The van der Waals surface area contributed by atoms with E-state index in [-0.39, 0.29) is 6.61 Å². The summed E-state index contributed by atoms with van der Waals surface area (Å²) < 4.78 is 18.3. The Morgan fingerprint density at radius 2 is 2.07 bits per heavy atom. The van der Waals surface area contributed by atoms with E-state index in [1.165, 1.54) is 13.8 Å². The number of rotatable bonds is 4. The number of alkyl halides is 1. The fraction of sp³-hybridized carbons (Fsp3) is 0.364. The van der Waals surface area contributed by atoms with Crippen molar-refractivity contribution in [3.63, 3.8) is 0 Å². The van der Waals surface area contributed by atoms with Gasteiger partial charge in [-0.2, -0.15) is 0 Å². The predicted molar refractivity (Wildman–Crippen MR) is 52.5 cm³/mol. The van der Waals surface area contributed by atoms with Gasteiger partial charge in [-0.1, -0.05) is 12.1 Å². The third kappa shape index (κ3) is 3.17. The van der Waals surface area contributed by atoms with E-state index in [1.807, 2.05) is 0 Å². The van der Waals surface area contributed by atoms with Gasteiger partial charge in [-0.15, -0.1) is 0 Å². The van der Waals surface area contributed by atoms with E-state index in [0.29, 0.717) is 17.6 Å². The molecule has 0 saturated carbocycles. The SMILES string of the molecule is CC(C)(F)COc1ccccc1C=O. The zero-order valence-electron chi connectivity index (χ0n) is 8.29. The van der Waals surface area contributed by atoms with Crippen molar-refractivity contribution in [1.29, 1.82) is 0 Å². The van der Waals surface area contributed by atoms with Gasteiger partial charge in [-0.25, -0.2) is 4.39 Å². The molecule has 0 aliphatic carbocycles. The molecule has 14 heavy (non-hydrogen) atoms. The largest absolute Gasteiger partial charge is 0.490 e. The molecule has 0 spiro atoms. The van der Waals surface area contributed by atoms with Gasteiger partial charge in [0.2, 0.25) is 0 Å². The Kier molecular flexibility index (Phi) is 3.23. The maximum atomic E-state index is 13.1. The molecule has 76 valence electrons. The van der Waals surface area contributed by atoms with Crippen LogP contribution < -0.4 is 4.74 Å². The number of aldehydes is 1. The molecule has 1 aromatic rings. The Balaban J connectivity index is 2.71. The second kappa shape index (κ2) is 4.22. The summed E-state index contributed by atoms with van der Waals surface area (Å²) in [7, 11) is 0. The third-order valence-corrected chi connectivity index (χ3v) is 1.62. The molecule has 0 heterocycles. The van der Waals surface area contributed by atoms with E-state index in [4.69, 9.17) is 4.74 Å². The van der Waals surface area contributed by atoms with Crippen LogP contribution >= 0.6 is 0 Å². The molecule has 0 aliphatic rings. The summed E-state index contributed by atoms with van der Waals surface area (Å²) in [6.07, 6.45) is 0.695. The Labute approximate surface area is 82.7 Å². The minimum Gasteiger partial charge on any atom is -0.490 e. The maximum absolute atomic E-state index is 13.1. The highest BCUT2D eigenvalue weighted by molar-refractivity contribution is 5.79. The van der Waals surface area contributed by atoms with Crippen LogP contribution in [-0.2, 0) is 0 Å². The van der Waals surface area contributed by atoms with Crippen LogP contribution in [0.5, 0.6) is 5.75 Å². The van der Waals surface area contributed by atoms with Gasteiger partial charge in [0.15, 0.2) is 6.29 Å². The lowest BCUT2D eigenvalue weighted by Crippen LogP contribution is -2.22. The highest BCUT2D eigenvalue weighted by Crippen LogP contribution is 2.18. The van der Waals surface area contributed by atoms with Gasteiger partial charge >= 0.3 is 0 Å². The summed E-state index contributed by atoms with van der Waals surface area (Å²) in [4.78, 5) is 10.6. The number of hydrogen-bond donors (Lipinski definition) is 0. The predicted octanol–water partition coefficient (Wildman–Crippen LogP) is 2.63. The van der Waals surface area contributed by atoms with Crippen LogP contribution in [0.25, 0.3) is 0 Å². The summed E-state index contributed by atoms with van der Waals surface area (Å²) in [6.45, 7) is 2.80. The molecule has 0 unspecified atom stereocenters. The van der Waals surface area contributed by atoms with Crippen LogP contribution in [-0.4, -0.2) is 18.6 Å². The third-order valence-electron chi connectivity index (χ3n) is 1.62. The average Bonchev–Trinajstić information content (AvgIpc) is 2.14. The summed E-state index contributed by atoms with van der Waals surface area (Å²) >= 11 is 0. The average molecular weight is 196 g/mol. The highest BCUT2D eigenvalue weighted by atomic mass is 19.1. The van der Waals surface area contributed by atoms with Gasteiger partial charge in [-0.3, -0.25) is 4.79 Å². The maximum Gasteiger partial charge on any atom is 0.153 e. The van der Waals surface area contributed by atoms with Crippen molar-refractivity contribution in [3.8, 4) is 5.75 Å². The minimum atomic E-state index is -1.39. The van der Waals surface area contributed by atoms with Crippen molar-refractivity contribution in [2.24, 2.45) is 0 Å². The Hall–Kier alpha value is -1.38. The van der Waals surface area contributed by atoms with Gasteiger partial charge in [0.05, 0.1) is 5.56 Å². The molecule has 1 rings (SSSR count). The van der Waals surface area contributed by atoms with Crippen molar-refractivity contribution in [3.05, 3.63) is 29.8 Å². The normalized spacial score (nSPS) is 11.1. The second-order valence-electron chi connectivity index (χ2n) is 3.66. The molecule has 1 aromatic carbocycles. The molecule has 0 atom stereocenters. The topological polar surface area (TPSA) is 26.3 Å².